The number of carbonyl (C=O) groups is 3. The molecule has 0 radical (unpaired) electrons. The van der Waals surface area contributed by atoms with Gasteiger partial charge >= 0.3 is 17.9 Å². The summed E-state index contributed by atoms with van der Waals surface area (Å²) in [6.45, 7) is 13.7. The molecule has 0 spiro atoms. The summed E-state index contributed by atoms with van der Waals surface area (Å²) in [6.07, 6.45) is 45.2. The van der Waals surface area contributed by atoms with Crippen LogP contribution in [0.2, 0.25) is 0 Å². The van der Waals surface area contributed by atoms with E-state index in [2.05, 4.69) is 41.5 Å². The van der Waals surface area contributed by atoms with Crippen molar-refractivity contribution in [2.24, 2.45) is 17.8 Å². The molecule has 0 aliphatic rings. The molecule has 0 rings (SSSR count). The predicted octanol–water partition coefficient (Wildman–Crippen LogP) is 17.2. The summed E-state index contributed by atoms with van der Waals surface area (Å²) in [5, 5.41) is 0. The zero-order valence-electron chi connectivity index (χ0n) is 41.3. The monoisotopic (exact) mass is 849 g/mol. The van der Waals surface area contributed by atoms with Gasteiger partial charge in [0.15, 0.2) is 6.10 Å². The van der Waals surface area contributed by atoms with Crippen LogP contribution in [-0.2, 0) is 28.6 Å². The van der Waals surface area contributed by atoms with Crippen LogP contribution in [0.5, 0.6) is 0 Å². The van der Waals surface area contributed by atoms with Gasteiger partial charge in [-0.05, 0) is 37.0 Å². The van der Waals surface area contributed by atoms with Crippen LogP contribution in [-0.4, -0.2) is 37.2 Å². The fourth-order valence-electron chi connectivity index (χ4n) is 8.12. The molecule has 0 amide bonds. The highest BCUT2D eigenvalue weighted by Crippen LogP contribution is 2.18. The molecule has 356 valence electrons. The molecule has 0 aliphatic heterocycles. The maximum absolute atomic E-state index is 12.8. The Morgan fingerprint density at radius 3 is 0.717 bits per heavy atom. The maximum atomic E-state index is 12.8. The van der Waals surface area contributed by atoms with E-state index >= 15 is 0 Å². The Morgan fingerprint density at radius 1 is 0.283 bits per heavy atom. The second-order valence-corrected chi connectivity index (χ2v) is 19.9. The van der Waals surface area contributed by atoms with E-state index in [1.807, 2.05) is 0 Å². The van der Waals surface area contributed by atoms with Gasteiger partial charge in [-0.15, -0.1) is 0 Å². The molecule has 6 nitrogen and oxygen atoms in total. The van der Waals surface area contributed by atoms with E-state index in [1.54, 1.807) is 0 Å². The van der Waals surface area contributed by atoms with Gasteiger partial charge in [0.25, 0.3) is 0 Å². The topological polar surface area (TPSA) is 78.9 Å². The van der Waals surface area contributed by atoms with Gasteiger partial charge in [0, 0.05) is 19.3 Å². The number of esters is 3. The number of unbranched alkanes of at least 4 members (excludes halogenated alkanes) is 30. The van der Waals surface area contributed by atoms with Crippen LogP contribution >= 0.6 is 0 Å². The molecule has 60 heavy (non-hydrogen) atoms. The molecule has 6 heteroatoms. The highest BCUT2D eigenvalue weighted by Gasteiger charge is 2.19. The molecule has 0 unspecified atom stereocenters. The Kier molecular flexibility index (Phi) is 44.2. The standard InChI is InChI=1S/C54H104O6/c1-48(2)40-34-28-22-16-10-8-7-9-11-19-25-31-37-43-52(55)58-46-51(60-54(57)45-39-33-27-21-15-13-18-24-30-36-42-50(5)6)47-59-53(56)44-38-32-26-20-14-12-17-23-29-35-41-49(3)4/h48-51H,7-47H2,1-6H3/t51-/m1/s1. The van der Waals surface area contributed by atoms with Crippen LogP contribution in [0.3, 0.4) is 0 Å². The first kappa shape index (κ1) is 58.4. The molecule has 0 saturated carbocycles. The third-order valence-electron chi connectivity index (χ3n) is 12.1. The average Bonchev–Trinajstić information content (AvgIpc) is 3.20. The molecule has 0 aliphatic carbocycles. The minimum absolute atomic E-state index is 0.0645. The molecule has 0 saturated heterocycles. The van der Waals surface area contributed by atoms with E-state index in [0.29, 0.717) is 19.3 Å². The molecule has 0 heterocycles. The summed E-state index contributed by atoms with van der Waals surface area (Å²) in [7, 11) is 0. The Morgan fingerprint density at radius 2 is 0.483 bits per heavy atom. The van der Waals surface area contributed by atoms with E-state index in [9.17, 15) is 14.4 Å². The van der Waals surface area contributed by atoms with Crippen molar-refractivity contribution in [1.82, 2.24) is 0 Å². The number of rotatable bonds is 47. The van der Waals surface area contributed by atoms with E-state index in [-0.39, 0.29) is 31.1 Å². The van der Waals surface area contributed by atoms with Gasteiger partial charge in [-0.25, -0.2) is 0 Å². The SMILES string of the molecule is CC(C)CCCCCCCCCCCCCCCC(=O)OC[C@H](COC(=O)CCCCCCCCCCCCC(C)C)OC(=O)CCCCCCCCCCCCC(C)C. The minimum Gasteiger partial charge on any atom is -0.462 e. The van der Waals surface area contributed by atoms with Gasteiger partial charge in [0.1, 0.15) is 13.2 Å². The fraction of sp³-hybridized carbons (Fsp3) is 0.944. The lowest BCUT2D eigenvalue weighted by Crippen LogP contribution is -2.30. The van der Waals surface area contributed by atoms with E-state index in [4.69, 9.17) is 14.2 Å². The quantitative estimate of drug-likeness (QED) is 0.0345. The second kappa shape index (κ2) is 45.4. The Balaban J connectivity index is 4.31. The summed E-state index contributed by atoms with van der Waals surface area (Å²) < 4.78 is 16.8. The number of hydrogen-bond donors (Lipinski definition) is 0. The van der Waals surface area contributed by atoms with Crippen molar-refractivity contribution in [2.45, 2.75) is 298 Å². The maximum Gasteiger partial charge on any atom is 0.306 e. The van der Waals surface area contributed by atoms with E-state index in [1.165, 1.54) is 173 Å². The average molecular weight is 849 g/mol. The Bertz CT molecular complexity index is 929. The normalized spacial score (nSPS) is 12.2. The van der Waals surface area contributed by atoms with Crippen LogP contribution in [0.15, 0.2) is 0 Å². The first-order chi connectivity index (χ1) is 29.1. The van der Waals surface area contributed by atoms with Crippen molar-refractivity contribution in [1.29, 1.82) is 0 Å². The first-order valence-corrected chi connectivity index (χ1v) is 26.6. The molecule has 0 fully saturated rings. The lowest BCUT2D eigenvalue weighted by Gasteiger charge is -2.18. The summed E-state index contributed by atoms with van der Waals surface area (Å²) in [5.41, 5.74) is 0. The summed E-state index contributed by atoms with van der Waals surface area (Å²) in [6, 6.07) is 0. The number of carbonyl (C=O) groups excluding carboxylic acids is 3. The second-order valence-electron chi connectivity index (χ2n) is 19.9. The fourth-order valence-corrected chi connectivity index (χ4v) is 8.12. The Hall–Kier alpha value is -1.59. The molecule has 0 aromatic carbocycles. The molecular formula is C54H104O6. The third-order valence-corrected chi connectivity index (χ3v) is 12.1. The van der Waals surface area contributed by atoms with Gasteiger partial charge in [0.05, 0.1) is 0 Å². The number of hydrogen-bond acceptors (Lipinski definition) is 6. The zero-order valence-corrected chi connectivity index (χ0v) is 41.3. The molecule has 0 aromatic rings. The van der Waals surface area contributed by atoms with E-state index < -0.39 is 6.10 Å². The molecular weight excluding hydrogens is 745 g/mol. The van der Waals surface area contributed by atoms with Crippen molar-refractivity contribution >= 4 is 17.9 Å². The van der Waals surface area contributed by atoms with Crippen molar-refractivity contribution in [3.8, 4) is 0 Å². The molecule has 0 N–H and O–H groups in total. The summed E-state index contributed by atoms with van der Waals surface area (Å²) in [4.78, 5) is 38.0. The van der Waals surface area contributed by atoms with Gasteiger partial charge in [-0.2, -0.15) is 0 Å². The number of ether oxygens (including phenoxy) is 3. The van der Waals surface area contributed by atoms with Gasteiger partial charge in [-0.3, -0.25) is 14.4 Å². The predicted molar refractivity (Wildman–Crippen MR) is 256 cm³/mol. The molecule has 1 atom stereocenters. The summed E-state index contributed by atoms with van der Waals surface area (Å²) in [5.74, 6) is 1.62. The van der Waals surface area contributed by atoms with Crippen molar-refractivity contribution in [3.63, 3.8) is 0 Å². The lowest BCUT2D eigenvalue weighted by molar-refractivity contribution is -0.167. The largest absolute Gasteiger partial charge is 0.462 e. The van der Waals surface area contributed by atoms with Crippen LogP contribution in [0.1, 0.15) is 292 Å². The minimum atomic E-state index is -0.763. The van der Waals surface area contributed by atoms with Gasteiger partial charge < -0.3 is 14.2 Å². The van der Waals surface area contributed by atoms with Crippen molar-refractivity contribution < 1.29 is 28.6 Å². The van der Waals surface area contributed by atoms with Gasteiger partial charge in [0.2, 0.25) is 0 Å². The van der Waals surface area contributed by atoms with Crippen LogP contribution < -0.4 is 0 Å². The summed E-state index contributed by atoms with van der Waals surface area (Å²) >= 11 is 0. The lowest BCUT2D eigenvalue weighted by atomic mass is 10.0. The third kappa shape index (κ3) is 47.5. The van der Waals surface area contributed by atoms with Crippen LogP contribution in [0.25, 0.3) is 0 Å². The highest BCUT2D eigenvalue weighted by molar-refractivity contribution is 5.71. The smallest absolute Gasteiger partial charge is 0.306 e. The molecule has 0 aromatic heterocycles. The van der Waals surface area contributed by atoms with Crippen molar-refractivity contribution in [3.05, 3.63) is 0 Å². The van der Waals surface area contributed by atoms with E-state index in [0.717, 1.165) is 75.5 Å². The first-order valence-electron chi connectivity index (χ1n) is 26.6. The molecule has 0 bridgehead atoms. The van der Waals surface area contributed by atoms with Crippen LogP contribution in [0.4, 0.5) is 0 Å². The van der Waals surface area contributed by atoms with Crippen molar-refractivity contribution in [2.75, 3.05) is 13.2 Å². The van der Waals surface area contributed by atoms with Gasteiger partial charge in [-0.1, -0.05) is 253 Å². The van der Waals surface area contributed by atoms with Crippen LogP contribution in [0, 0.1) is 17.8 Å². The Labute approximate surface area is 374 Å². The highest BCUT2D eigenvalue weighted by atomic mass is 16.6. The zero-order chi connectivity index (χ0) is 44.2.